The van der Waals surface area contributed by atoms with E-state index in [1.165, 1.54) is 5.56 Å². The van der Waals surface area contributed by atoms with E-state index in [1.807, 2.05) is 13.1 Å². The van der Waals surface area contributed by atoms with Gasteiger partial charge in [0.25, 0.3) is 0 Å². The molecule has 0 spiro atoms. The van der Waals surface area contributed by atoms with Crippen molar-refractivity contribution in [2.45, 2.75) is 6.92 Å². The molecule has 0 radical (unpaired) electrons. The minimum absolute atomic E-state index is 1.00. The van der Waals surface area contributed by atoms with E-state index < -0.39 is 0 Å². The molecule has 0 unspecified atom stereocenters. The molecule has 1 heterocycles. The van der Waals surface area contributed by atoms with Gasteiger partial charge in [0.05, 0.1) is 17.4 Å². The largest absolute Gasteiger partial charge is 0.388 e. The fraction of sp³-hybridized carbons (Fsp3) is 0.222. The Morgan fingerprint density at radius 2 is 2.25 bits per heavy atom. The fourth-order valence-corrected chi connectivity index (χ4v) is 1.36. The van der Waals surface area contributed by atoms with E-state index in [0.29, 0.717) is 0 Å². The summed E-state index contributed by atoms with van der Waals surface area (Å²) in [6.07, 6.45) is 1.71. The summed E-state index contributed by atoms with van der Waals surface area (Å²) < 4.78 is 0. The summed E-state index contributed by atoms with van der Waals surface area (Å²) in [5, 5.41) is 3.12. The van der Waals surface area contributed by atoms with E-state index in [0.717, 1.165) is 16.7 Å². The maximum absolute atomic E-state index is 4.17. The predicted molar refractivity (Wildman–Crippen MR) is 50.4 cm³/mol. The highest BCUT2D eigenvalue weighted by Crippen LogP contribution is 2.20. The normalized spacial score (nSPS) is 10.5. The number of anilines is 1. The molecular weight excluding hydrogens is 150 g/mol. The number of fused-ring (bicyclic) bond motifs is 1. The number of imidazole rings is 1. The number of aromatic amines is 1. The average molecular weight is 161 g/mol. The highest BCUT2D eigenvalue weighted by molar-refractivity contribution is 5.80. The molecule has 0 atom stereocenters. The van der Waals surface area contributed by atoms with Gasteiger partial charge in [0.2, 0.25) is 0 Å². The van der Waals surface area contributed by atoms with Crippen molar-refractivity contribution in [3.8, 4) is 0 Å². The number of nitrogens with zero attached hydrogens (tertiary/aromatic N) is 1. The lowest BCUT2D eigenvalue weighted by Crippen LogP contribution is -1.90. The zero-order valence-electron chi connectivity index (χ0n) is 7.18. The van der Waals surface area contributed by atoms with Gasteiger partial charge in [-0.2, -0.15) is 0 Å². The minimum Gasteiger partial charge on any atom is -0.388 e. The van der Waals surface area contributed by atoms with Gasteiger partial charge in [0.15, 0.2) is 0 Å². The topological polar surface area (TPSA) is 40.7 Å². The summed E-state index contributed by atoms with van der Waals surface area (Å²) in [7, 11) is 1.92. The van der Waals surface area contributed by atoms with Crippen LogP contribution in [0.4, 0.5) is 5.69 Å². The molecule has 0 aliphatic rings. The first-order chi connectivity index (χ1) is 5.81. The van der Waals surface area contributed by atoms with Crippen molar-refractivity contribution in [2.24, 2.45) is 0 Å². The maximum atomic E-state index is 4.17. The number of H-pyrrole nitrogens is 1. The lowest BCUT2D eigenvalue weighted by Gasteiger charge is -2.03. The fourth-order valence-electron chi connectivity index (χ4n) is 1.36. The number of hydrogen-bond donors (Lipinski definition) is 2. The first kappa shape index (κ1) is 7.16. The van der Waals surface area contributed by atoms with Gasteiger partial charge < -0.3 is 10.3 Å². The van der Waals surface area contributed by atoms with Crippen molar-refractivity contribution >= 4 is 16.7 Å². The molecule has 0 aliphatic carbocycles. The zero-order valence-corrected chi connectivity index (χ0v) is 7.18. The van der Waals surface area contributed by atoms with Crippen LogP contribution in [0.5, 0.6) is 0 Å². The molecule has 2 N–H and O–H groups in total. The predicted octanol–water partition coefficient (Wildman–Crippen LogP) is 1.91. The Balaban J connectivity index is 2.73. The number of aromatic nitrogens is 2. The first-order valence-electron chi connectivity index (χ1n) is 3.93. The minimum atomic E-state index is 1.00. The number of nitrogens with one attached hydrogen (secondary N) is 2. The molecule has 1 aromatic carbocycles. The van der Waals surface area contributed by atoms with Crippen molar-refractivity contribution < 1.29 is 0 Å². The second kappa shape index (κ2) is 2.52. The molecule has 1 aromatic heterocycles. The van der Waals surface area contributed by atoms with Crippen LogP contribution in [0.25, 0.3) is 11.0 Å². The number of aryl methyl sites for hydroxylation is 1. The summed E-state index contributed by atoms with van der Waals surface area (Å²) in [6, 6.07) is 4.13. The maximum Gasteiger partial charge on any atom is 0.0931 e. The van der Waals surface area contributed by atoms with Crippen LogP contribution >= 0.6 is 0 Å². The molecule has 3 nitrogen and oxygen atoms in total. The summed E-state index contributed by atoms with van der Waals surface area (Å²) >= 11 is 0. The van der Waals surface area contributed by atoms with E-state index in [2.05, 4.69) is 28.3 Å². The van der Waals surface area contributed by atoms with Crippen molar-refractivity contribution in [3.05, 3.63) is 24.0 Å². The second-order valence-corrected chi connectivity index (χ2v) is 2.84. The van der Waals surface area contributed by atoms with Crippen LogP contribution in [0.3, 0.4) is 0 Å². The number of hydrogen-bond acceptors (Lipinski definition) is 2. The molecule has 62 valence electrons. The molecule has 0 saturated heterocycles. The Morgan fingerprint density at radius 3 is 3.00 bits per heavy atom. The van der Waals surface area contributed by atoms with Crippen LogP contribution < -0.4 is 5.32 Å². The summed E-state index contributed by atoms with van der Waals surface area (Å²) in [4.78, 5) is 7.25. The van der Waals surface area contributed by atoms with E-state index in [4.69, 9.17) is 0 Å². The first-order valence-corrected chi connectivity index (χ1v) is 3.93. The Bertz CT molecular complexity index is 403. The number of benzene rings is 1. The third kappa shape index (κ3) is 0.942. The Labute approximate surface area is 70.8 Å². The smallest absolute Gasteiger partial charge is 0.0931 e. The van der Waals surface area contributed by atoms with Crippen molar-refractivity contribution in [1.82, 2.24) is 9.97 Å². The lowest BCUT2D eigenvalue weighted by molar-refractivity contribution is 1.34. The zero-order chi connectivity index (χ0) is 8.55. The summed E-state index contributed by atoms with van der Waals surface area (Å²) in [5.41, 5.74) is 4.46. The Kier molecular flexibility index (Phi) is 1.50. The van der Waals surface area contributed by atoms with Crippen LogP contribution in [-0.2, 0) is 0 Å². The van der Waals surface area contributed by atoms with E-state index >= 15 is 0 Å². The van der Waals surface area contributed by atoms with Gasteiger partial charge in [0.1, 0.15) is 0 Å². The van der Waals surface area contributed by atoms with Gasteiger partial charge >= 0.3 is 0 Å². The van der Waals surface area contributed by atoms with Gasteiger partial charge in [-0.1, -0.05) is 0 Å². The third-order valence-electron chi connectivity index (χ3n) is 2.04. The van der Waals surface area contributed by atoms with Crippen molar-refractivity contribution in [3.63, 3.8) is 0 Å². The van der Waals surface area contributed by atoms with Crippen LogP contribution in [0.2, 0.25) is 0 Å². The molecule has 12 heavy (non-hydrogen) atoms. The Hall–Kier alpha value is -1.51. The standard InChI is InChI=1S/C9H11N3/c1-6-3-8-9(12-5-11-8)4-7(6)10-2/h3-5,10H,1-2H3,(H,11,12). The molecule has 0 bridgehead atoms. The quantitative estimate of drug-likeness (QED) is 0.670. The van der Waals surface area contributed by atoms with E-state index in [9.17, 15) is 0 Å². The summed E-state index contributed by atoms with van der Waals surface area (Å²) in [5.74, 6) is 0. The van der Waals surface area contributed by atoms with Crippen LogP contribution in [0.1, 0.15) is 5.56 Å². The van der Waals surface area contributed by atoms with Gasteiger partial charge in [-0.05, 0) is 24.6 Å². The molecule has 2 rings (SSSR count). The molecule has 3 heteroatoms. The van der Waals surface area contributed by atoms with Gasteiger partial charge in [-0.3, -0.25) is 0 Å². The number of rotatable bonds is 1. The van der Waals surface area contributed by atoms with E-state index in [1.54, 1.807) is 6.33 Å². The highest BCUT2D eigenvalue weighted by Gasteiger charge is 2.00. The molecule has 2 aromatic rings. The molecule has 0 amide bonds. The van der Waals surface area contributed by atoms with Crippen LogP contribution in [0.15, 0.2) is 18.5 Å². The highest BCUT2D eigenvalue weighted by atomic mass is 14.9. The second-order valence-electron chi connectivity index (χ2n) is 2.84. The monoisotopic (exact) mass is 161 g/mol. The third-order valence-corrected chi connectivity index (χ3v) is 2.04. The lowest BCUT2D eigenvalue weighted by atomic mass is 10.2. The van der Waals surface area contributed by atoms with Gasteiger partial charge in [-0.25, -0.2) is 4.98 Å². The SMILES string of the molecule is CNc1cc2nc[nH]c2cc1C. The van der Waals surface area contributed by atoms with Crippen molar-refractivity contribution in [1.29, 1.82) is 0 Å². The van der Waals surface area contributed by atoms with Crippen molar-refractivity contribution in [2.75, 3.05) is 12.4 Å². The molecule has 0 aliphatic heterocycles. The summed E-state index contributed by atoms with van der Waals surface area (Å²) in [6.45, 7) is 2.08. The average Bonchev–Trinajstić information content (AvgIpc) is 2.49. The van der Waals surface area contributed by atoms with Crippen LogP contribution in [-0.4, -0.2) is 17.0 Å². The molecule has 0 fully saturated rings. The Morgan fingerprint density at radius 1 is 1.42 bits per heavy atom. The van der Waals surface area contributed by atoms with Crippen LogP contribution in [0, 0.1) is 6.92 Å². The van der Waals surface area contributed by atoms with Gasteiger partial charge in [0, 0.05) is 12.7 Å². The molecular formula is C9H11N3. The van der Waals surface area contributed by atoms with E-state index in [-0.39, 0.29) is 0 Å². The molecule has 0 saturated carbocycles. The van der Waals surface area contributed by atoms with Gasteiger partial charge in [-0.15, -0.1) is 0 Å².